The summed E-state index contributed by atoms with van der Waals surface area (Å²) in [5.74, 6) is 0.749. The number of rotatable bonds is 6. The van der Waals surface area contributed by atoms with Gasteiger partial charge in [0.2, 0.25) is 0 Å². The number of ether oxygens (including phenoxy) is 2. The number of amides is 1. The highest BCUT2D eigenvalue weighted by Gasteiger charge is 2.27. The molecule has 2 atom stereocenters. The van der Waals surface area contributed by atoms with Crippen molar-refractivity contribution in [1.29, 1.82) is 0 Å². The SMILES string of the molecule is CCC(NC(=O)c1cc(Cl)c2c(c1)OCCCO2)C(c1ccc(C)cc1)n1cncn1. The molecule has 4 rings (SSSR count). The predicted molar refractivity (Wildman–Crippen MR) is 118 cm³/mol. The zero-order valence-corrected chi connectivity index (χ0v) is 18.3. The Morgan fingerprint density at radius 2 is 2.00 bits per heavy atom. The molecule has 0 spiro atoms. The molecule has 0 aliphatic carbocycles. The van der Waals surface area contributed by atoms with Crippen LogP contribution < -0.4 is 14.8 Å². The van der Waals surface area contributed by atoms with Crippen LogP contribution in [-0.2, 0) is 0 Å². The van der Waals surface area contributed by atoms with Crippen molar-refractivity contribution in [1.82, 2.24) is 20.1 Å². The molecule has 0 radical (unpaired) electrons. The summed E-state index contributed by atoms with van der Waals surface area (Å²) in [7, 11) is 0. The van der Waals surface area contributed by atoms with Crippen molar-refractivity contribution in [2.45, 2.75) is 38.8 Å². The van der Waals surface area contributed by atoms with Crippen molar-refractivity contribution in [3.05, 3.63) is 70.8 Å². The first-order chi connectivity index (χ1) is 15.1. The number of nitrogens with one attached hydrogen (secondary N) is 1. The second-order valence-electron chi connectivity index (χ2n) is 7.56. The molecule has 0 bridgehead atoms. The van der Waals surface area contributed by atoms with E-state index in [2.05, 4.69) is 39.7 Å². The van der Waals surface area contributed by atoms with Crippen LogP contribution in [0.5, 0.6) is 11.5 Å². The summed E-state index contributed by atoms with van der Waals surface area (Å²) in [6.45, 7) is 5.13. The van der Waals surface area contributed by atoms with Crippen LogP contribution in [0.1, 0.15) is 47.3 Å². The van der Waals surface area contributed by atoms with Crippen LogP contribution in [0.2, 0.25) is 5.02 Å². The highest BCUT2D eigenvalue weighted by molar-refractivity contribution is 6.32. The van der Waals surface area contributed by atoms with Crippen LogP contribution in [-0.4, -0.2) is 39.9 Å². The number of aryl methyl sites for hydroxylation is 1. The number of aromatic nitrogens is 3. The number of benzene rings is 2. The third kappa shape index (κ3) is 4.66. The molecule has 3 aromatic rings. The quantitative estimate of drug-likeness (QED) is 0.621. The van der Waals surface area contributed by atoms with Crippen LogP contribution >= 0.6 is 11.6 Å². The van der Waals surface area contributed by atoms with E-state index in [1.165, 1.54) is 11.9 Å². The van der Waals surface area contributed by atoms with Gasteiger partial charge >= 0.3 is 0 Å². The molecule has 1 aliphatic rings. The fraction of sp³-hybridized carbons (Fsp3) is 0.348. The van der Waals surface area contributed by atoms with E-state index in [0.717, 1.165) is 12.0 Å². The second-order valence-corrected chi connectivity index (χ2v) is 7.96. The third-order valence-corrected chi connectivity index (χ3v) is 5.62. The molecule has 31 heavy (non-hydrogen) atoms. The molecule has 162 valence electrons. The summed E-state index contributed by atoms with van der Waals surface area (Å²) in [4.78, 5) is 17.3. The average molecular weight is 441 g/mol. The molecule has 2 aromatic carbocycles. The van der Waals surface area contributed by atoms with Crippen molar-refractivity contribution in [2.24, 2.45) is 0 Å². The molecule has 1 aromatic heterocycles. The Hall–Kier alpha value is -3.06. The van der Waals surface area contributed by atoms with Crippen molar-refractivity contribution in [3.8, 4) is 11.5 Å². The van der Waals surface area contributed by atoms with Gasteiger partial charge in [0.15, 0.2) is 11.5 Å². The van der Waals surface area contributed by atoms with E-state index in [1.54, 1.807) is 23.1 Å². The van der Waals surface area contributed by atoms with Gasteiger partial charge < -0.3 is 14.8 Å². The molecule has 0 saturated heterocycles. The molecule has 2 heterocycles. The Morgan fingerprint density at radius 3 is 2.71 bits per heavy atom. The van der Waals surface area contributed by atoms with Gasteiger partial charge in [-0.1, -0.05) is 48.4 Å². The lowest BCUT2D eigenvalue weighted by atomic mass is 9.96. The molecule has 0 saturated carbocycles. The van der Waals surface area contributed by atoms with Gasteiger partial charge in [0.05, 0.1) is 30.3 Å². The van der Waals surface area contributed by atoms with Gasteiger partial charge in [-0.3, -0.25) is 4.79 Å². The summed E-state index contributed by atoms with van der Waals surface area (Å²) in [5, 5.41) is 7.86. The van der Waals surface area contributed by atoms with E-state index in [4.69, 9.17) is 21.1 Å². The summed E-state index contributed by atoms with van der Waals surface area (Å²) < 4.78 is 13.2. The largest absolute Gasteiger partial charge is 0.489 e. The van der Waals surface area contributed by atoms with Crippen LogP contribution in [0.4, 0.5) is 0 Å². The van der Waals surface area contributed by atoms with Gasteiger partial charge in [0, 0.05) is 12.0 Å². The first-order valence-electron chi connectivity index (χ1n) is 10.4. The van der Waals surface area contributed by atoms with Crippen molar-refractivity contribution < 1.29 is 14.3 Å². The highest BCUT2D eigenvalue weighted by atomic mass is 35.5. The summed E-state index contributed by atoms with van der Waals surface area (Å²) >= 11 is 6.38. The summed E-state index contributed by atoms with van der Waals surface area (Å²) in [6.07, 6.45) is 4.63. The van der Waals surface area contributed by atoms with Crippen LogP contribution in [0.25, 0.3) is 0 Å². The lowest BCUT2D eigenvalue weighted by Gasteiger charge is -2.28. The van der Waals surface area contributed by atoms with E-state index < -0.39 is 0 Å². The molecule has 1 aliphatic heterocycles. The number of hydrogen-bond acceptors (Lipinski definition) is 5. The minimum Gasteiger partial charge on any atom is -0.489 e. The van der Waals surface area contributed by atoms with Crippen LogP contribution in [0.3, 0.4) is 0 Å². The number of halogens is 1. The second kappa shape index (κ2) is 9.39. The maximum absolute atomic E-state index is 13.2. The van der Waals surface area contributed by atoms with Crippen molar-refractivity contribution in [2.75, 3.05) is 13.2 Å². The molecule has 1 amide bonds. The Morgan fingerprint density at radius 1 is 1.23 bits per heavy atom. The molecule has 0 fully saturated rings. The molecule has 1 N–H and O–H groups in total. The normalized spacial score (nSPS) is 15.1. The minimum atomic E-state index is -0.235. The number of fused-ring (bicyclic) bond motifs is 1. The van der Waals surface area contributed by atoms with Gasteiger partial charge in [-0.2, -0.15) is 5.10 Å². The van der Waals surface area contributed by atoms with Gasteiger partial charge in [-0.05, 0) is 31.0 Å². The van der Waals surface area contributed by atoms with Crippen LogP contribution in [0.15, 0.2) is 49.1 Å². The van der Waals surface area contributed by atoms with E-state index in [0.29, 0.717) is 41.7 Å². The highest BCUT2D eigenvalue weighted by Crippen LogP contribution is 2.38. The van der Waals surface area contributed by atoms with E-state index >= 15 is 0 Å². The summed E-state index contributed by atoms with van der Waals surface area (Å²) in [6, 6.07) is 11.1. The van der Waals surface area contributed by atoms with Crippen LogP contribution in [0, 0.1) is 6.92 Å². The predicted octanol–water partition coefficient (Wildman–Crippen LogP) is 4.20. The zero-order chi connectivity index (χ0) is 21.8. The Labute approximate surface area is 186 Å². The lowest BCUT2D eigenvalue weighted by molar-refractivity contribution is 0.0924. The molecular weight excluding hydrogens is 416 g/mol. The van der Waals surface area contributed by atoms with Gasteiger partial charge in [-0.25, -0.2) is 9.67 Å². The molecule has 8 heteroatoms. The first kappa shape index (κ1) is 21.2. The molecule has 2 unspecified atom stereocenters. The number of nitrogens with zero attached hydrogens (tertiary/aromatic N) is 3. The fourth-order valence-corrected chi connectivity index (χ4v) is 3.98. The maximum atomic E-state index is 13.2. The Bertz CT molecular complexity index is 1040. The number of hydrogen-bond donors (Lipinski definition) is 1. The standard InChI is InChI=1S/C23H25ClN4O3/c1-3-19(21(28-14-25-13-26-28)16-7-5-15(2)6-8-16)27-23(29)17-11-18(24)22-20(12-17)30-9-4-10-31-22/h5-8,11-14,19,21H,3-4,9-10H2,1-2H3,(H,27,29). The topological polar surface area (TPSA) is 78.3 Å². The Balaban J connectivity index is 1.62. The molecular formula is C23H25ClN4O3. The average Bonchev–Trinajstić information content (AvgIpc) is 3.18. The van der Waals surface area contributed by atoms with Crippen molar-refractivity contribution >= 4 is 17.5 Å². The third-order valence-electron chi connectivity index (χ3n) is 5.34. The maximum Gasteiger partial charge on any atom is 0.251 e. The lowest BCUT2D eigenvalue weighted by Crippen LogP contribution is -2.41. The van der Waals surface area contributed by atoms with E-state index in [-0.39, 0.29) is 18.0 Å². The van der Waals surface area contributed by atoms with E-state index in [9.17, 15) is 4.79 Å². The Kier molecular flexibility index (Phi) is 6.42. The molecule has 7 nitrogen and oxygen atoms in total. The zero-order valence-electron chi connectivity index (χ0n) is 17.5. The minimum absolute atomic E-state index is 0.201. The summed E-state index contributed by atoms with van der Waals surface area (Å²) in [5.41, 5.74) is 2.63. The number of carbonyl (C=O) groups excluding carboxylic acids is 1. The first-order valence-corrected chi connectivity index (χ1v) is 10.7. The van der Waals surface area contributed by atoms with Gasteiger partial charge in [0.1, 0.15) is 12.7 Å². The smallest absolute Gasteiger partial charge is 0.251 e. The van der Waals surface area contributed by atoms with Gasteiger partial charge in [-0.15, -0.1) is 0 Å². The van der Waals surface area contributed by atoms with Crippen molar-refractivity contribution in [3.63, 3.8) is 0 Å². The van der Waals surface area contributed by atoms with E-state index in [1.807, 2.05) is 13.8 Å². The number of carbonyl (C=O) groups is 1. The fourth-order valence-electron chi connectivity index (χ4n) is 3.71. The van der Waals surface area contributed by atoms with Gasteiger partial charge in [0.25, 0.3) is 5.91 Å². The monoisotopic (exact) mass is 440 g/mol.